The minimum atomic E-state index is -0.0681. The standard InChI is InChI=1S/C10H9BrClN3O2S/c1-5(16)18-6-2-8(17)15(4-6)7-3-13-9(11)10(12)14-7/h3,6H,2,4H2,1H3. The van der Waals surface area contributed by atoms with Gasteiger partial charge in [0.1, 0.15) is 4.60 Å². The molecule has 1 unspecified atom stereocenters. The van der Waals surface area contributed by atoms with Crippen molar-refractivity contribution in [2.45, 2.75) is 18.6 Å². The van der Waals surface area contributed by atoms with Gasteiger partial charge in [-0.1, -0.05) is 23.4 Å². The molecule has 2 rings (SSSR count). The monoisotopic (exact) mass is 349 g/mol. The highest BCUT2D eigenvalue weighted by Crippen LogP contribution is 2.29. The van der Waals surface area contributed by atoms with E-state index in [1.807, 2.05) is 0 Å². The summed E-state index contributed by atoms with van der Waals surface area (Å²) in [6, 6.07) is 0. The molecule has 0 aromatic carbocycles. The van der Waals surface area contributed by atoms with E-state index in [1.165, 1.54) is 29.8 Å². The molecule has 2 heterocycles. The van der Waals surface area contributed by atoms with Crippen molar-refractivity contribution in [3.8, 4) is 0 Å². The Bertz CT molecular complexity index is 514. The fourth-order valence-electron chi connectivity index (χ4n) is 1.68. The smallest absolute Gasteiger partial charge is 0.229 e. The van der Waals surface area contributed by atoms with Gasteiger partial charge in [0.15, 0.2) is 16.1 Å². The van der Waals surface area contributed by atoms with Crippen molar-refractivity contribution in [1.82, 2.24) is 9.97 Å². The molecule has 8 heteroatoms. The highest BCUT2D eigenvalue weighted by molar-refractivity contribution is 9.10. The summed E-state index contributed by atoms with van der Waals surface area (Å²) in [5.74, 6) is 0.348. The van der Waals surface area contributed by atoms with E-state index in [9.17, 15) is 9.59 Å². The quantitative estimate of drug-likeness (QED) is 0.819. The number of thioether (sulfide) groups is 1. The Morgan fingerprint density at radius 1 is 1.67 bits per heavy atom. The van der Waals surface area contributed by atoms with Gasteiger partial charge in [-0.05, 0) is 15.9 Å². The van der Waals surface area contributed by atoms with Gasteiger partial charge in [-0.15, -0.1) is 0 Å². The zero-order valence-electron chi connectivity index (χ0n) is 9.39. The molecule has 1 aromatic heterocycles. The summed E-state index contributed by atoms with van der Waals surface area (Å²) in [6.07, 6.45) is 1.81. The zero-order chi connectivity index (χ0) is 13.3. The normalized spacial score (nSPS) is 19.4. The highest BCUT2D eigenvalue weighted by Gasteiger charge is 2.33. The van der Waals surface area contributed by atoms with Crippen molar-refractivity contribution in [2.24, 2.45) is 0 Å². The number of carbonyl (C=O) groups excluding carboxylic acids is 2. The number of nitrogens with zero attached hydrogens (tertiary/aromatic N) is 3. The maximum atomic E-state index is 11.8. The number of halogens is 2. The lowest BCUT2D eigenvalue weighted by atomic mass is 10.4. The molecule has 0 bridgehead atoms. The van der Waals surface area contributed by atoms with E-state index in [-0.39, 0.29) is 21.4 Å². The molecule has 5 nitrogen and oxygen atoms in total. The molecule has 1 atom stereocenters. The SMILES string of the molecule is CC(=O)SC1CC(=O)N(c2cnc(Br)c(Cl)n2)C1. The Labute approximate surface area is 121 Å². The number of anilines is 1. The average molecular weight is 351 g/mol. The van der Waals surface area contributed by atoms with E-state index in [0.717, 1.165) is 0 Å². The average Bonchev–Trinajstić information content (AvgIpc) is 2.62. The molecule has 0 spiro atoms. The van der Waals surface area contributed by atoms with Crippen LogP contribution in [-0.2, 0) is 9.59 Å². The van der Waals surface area contributed by atoms with Crippen molar-refractivity contribution >= 4 is 56.1 Å². The lowest BCUT2D eigenvalue weighted by Crippen LogP contribution is -2.26. The number of carbonyl (C=O) groups is 2. The van der Waals surface area contributed by atoms with Crippen LogP contribution in [-0.4, -0.2) is 32.8 Å². The Balaban J connectivity index is 2.16. The van der Waals surface area contributed by atoms with Gasteiger partial charge in [-0.25, -0.2) is 9.97 Å². The van der Waals surface area contributed by atoms with Crippen molar-refractivity contribution in [1.29, 1.82) is 0 Å². The third kappa shape index (κ3) is 3.02. The molecule has 1 saturated heterocycles. The van der Waals surface area contributed by atoms with Crippen LogP contribution in [0.15, 0.2) is 10.8 Å². The van der Waals surface area contributed by atoms with E-state index in [0.29, 0.717) is 23.4 Å². The van der Waals surface area contributed by atoms with Crippen LogP contribution in [0.1, 0.15) is 13.3 Å². The number of aromatic nitrogens is 2. The molecule has 1 amide bonds. The van der Waals surface area contributed by atoms with Gasteiger partial charge < -0.3 is 0 Å². The topological polar surface area (TPSA) is 63.2 Å². The van der Waals surface area contributed by atoms with Crippen LogP contribution in [0.5, 0.6) is 0 Å². The molecular weight excluding hydrogens is 342 g/mol. The molecule has 96 valence electrons. The van der Waals surface area contributed by atoms with Crippen LogP contribution in [0.25, 0.3) is 0 Å². The molecule has 1 aliphatic heterocycles. The minimum absolute atomic E-state index is 0.00886. The first-order chi connectivity index (χ1) is 8.47. The van der Waals surface area contributed by atoms with Crippen LogP contribution in [0, 0.1) is 0 Å². The minimum Gasteiger partial charge on any atom is -0.294 e. The second-order valence-electron chi connectivity index (χ2n) is 3.75. The molecule has 1 fully saturated rings. The Kier molecular flexibility index (Phi) is 4.24. The summed E-state index contributed by atoms with van der Waals surface area (Å²) < 4.78 is 0.439. The van der Waals surface area contributed by atoms with Gasteiger partial charge in [-0.3, -0.25) is 14.5 Å². The molecule has 0 N–H and O–H groups in total. The van der Waals surface area contributed by atoms with Gasteiger partial charge in [0.25, 0.3) is 0 Å². The fraction of sp³-hybridized carbons (Fsp3) is 0.400. The van der Waals surface area contributed by atoms with Gasteiger partial charge in [-0.2, -0.15) is 0 Å². The summed E-state index contributed by atoms with van der Waals surface area (Å²) in [4.78, 5) is 32.5. The van der Waals surface area contributed by atoms with Gasteiger partial charge in [0.2, 0.25) is 5.91 Å². The molecule has 18 heavy (non-hydrogen) atoms. The van der Waals surface area contributed by atoms with Crippen LogP contribution in [0.3, 0.4) is 0 Å². The van der Waals surface area contributed by atoms with Crippen molar-refractivity contribution in [2.75, 3.05) is 11.4 Å². The van der Waals surface area contributed by atoms with E-state index in [1.54, 1.807) is 0 Å². The molecule has 0 aliphatic carbocycles. The van der Waals surface area contributed by atoms with E-state index >= 15 is 0 Å². The zero-order valence-corrected chi connectivity index (χ0v) is 12.5. The van der Waals surface area contributed by atoms with E-state index < -0.39 is 0 Å². The fourth-order valence-corrected chi connectivity index (χ4v) is 2.93. The van der Waals surface area contributed by atoms with Crippen LogP contribution < -0.4 is 4.90 Å². The maximum absolute atomic E-state index is 11.8. The largest absolute Gasteiger partial charge is 0.294 e. The summed E-state index contributed by atoms with van der Waals surface area (Å²) in [5, 5.41) is 0.191. The number of hydrogen-bond donors (Lipinski definition) is 0. The third-order valence-electron chi connectivity index (χ3n) is 2.38. The molecular formula is C10H9BrClN3O2S. The summed E-state index contributed by atoms with van der Waals surface area (Å²) in [7, 11) is 0. The lowest BCUT2D eigenvalue weighted by molar-refractivity contribution is -0.117. The molecule has 0 radical (unpaired) electrons. The predicted octanol–water partition coefficient (Wildman–Crippen LogP) is 2.28. The van der Waals surface area contributed by atoms with E-state index in [4.69, 9.17) is 11.6 Å². The Morgan fingerprint density at radius 3 is 3.00 bits per heavy atom. The summed E-state index contributed by atoms with van der Waals surface area (Å²) in [6.45, 7) is 1.95. The number of hydrogen-bond acceptors (Lipinski definition) is 5. The lowest BCUT2D eigenvalue weighted by Gasteiger charge is -2.15. The molecule has 0 saturated carbocycles. The predicted molar refractivity (Wildman–Crippen MR) is 73.8 cm³/mol. The van der Waals surface area contributed by atoms with Crippen molar-refractivity contribution < 1.29 is 9.59 Å². The third-order valence-corrected chi connectivity index (χ3v) is 4.43. The number of rotatable bonds is 2. The van der Waals surface area contributed by atoms with Crippen molar-refractivity contribution in [3.05, 3.63) is 16.0 Å². The van der Waals surface area contributed by atoms with E-state index in [2.05, 4.69) is 25.9 Å². The molecule has 1 aromatic rings. The highest BCUT2D eigenvalue weighted by atomic mass is 79.9. The van der Waals surface area contributed by atoms with Gasteiger partial charge >= 0.3 is 0 Å². The second kappa shape index (κ2) is 5.54. The summed E-state index contributed by atoms with van der Waals surface area (Å²) in [5.41, 5.74) is 0. The van der Waals surface area contributed by atoms with Gasteiger partial charge in [0.05, 0.1) is 6.20 Å². The second-order valence-corrected chi connectivity index (χ2v) is 6.34. The van der Waals surface area contributed by atoms with Crippen LogP contribution in [0.4, 0.5) is 5.82 Å². The summed E-state index contributed by atoms with van der Waals surface area (Å²) >= 11 is 10.2. The van der Waals surface area contributed by atoms with Gasteiger partial charge in [0, 0.05) is 25.1 Å². The van der Waals surface area contributed by atoms with Crippen LogP contribution in [0.2, 0.25) is 5.15 Å². The molecule has 1 aliphatic rings. The Hall–Kier alpha value is -0.660. The first-order valence-corrected chi connectivity index (χ1v) is 7.18. The van der Waals surface area contributed by atoms with Crippen LogP contribution >= 0.6 is 39.3 Å². The maximum Gasteiger partial charge on any atom is 0.229 e. The number of amides is 1. The first kappa shape index (κ1) is 13.8. The first-order valence-electron chi connectivity index (χ1n) is 5.13. The van der Waals surface area contributed by atoms with Crippen molar-refractivity contribution in [3.63, 3.8) is 0 Å². The Morgan fingerprint density at radius 2 is 2.39 bits per heavy atom.